The van der Waals surface area contributed by atoms with E-state index in [1.54, 1.807) is 6.92 Å². The Balaban J connectivity index is 0.000000330. The third-order valence-corrected chi connectivity index (χ3v) is 1.45. The van der Waals surface area contributed by atoms with Crippen molar-refractivity contribution in [2.24, 2.45) is 0 Å². The standard InChI is InChI=1S/C7H14O2.C2H5N/c1-4-6(3)9-7(8)5-2;1-2-3-1/h6H,4-5H2,1-3H3;3H,1-2H2. The molecule has 1 aliphatic rings. The molecule has 1 N–H and O–H groups in total. The summed E-state index contributed by atoms with van der Waals surface area (Å²) < 4.78 is 4.91. The molecule has 1 fully saturated rings. The van der Waals surface area contributed by atoms with Gasteiger partial charge < -0.3 is 10.1 Å². The first kappa shape index (κ1) is 11.4. The van der Waals surface area contributed by atoms with Gasteiger partial charge in [0, 0.05) is 19.5 Å². The molecule has 3 heteroatoms. The Morgan fingerprint density at radius 3 is 2.25 bits per heavy atom. The van der Waals surface area contributed by atoms with Crippen LogP contribution in [0, 0.1) is 0 Å². The number of carbonyl (C=O) groups is 1. The Bertz CT molecular complexity index is 121. The molecular weight excluding hydrogens is 154 g/mol. The van der Waals surface area contributed by atoms with Gasteiger partial charge in [-0.05, 0) is 13.3 Å². The highest BCUT2D eigenvalue weighted by Gasteiger charge is 2.02. The minimum atomic E-state index is -0.107. The lowest BCUT2D eigenvalue weighted by Gasteiger charge is -2.08. The van der Waals surface area contributed by atoms with Crippen molar-refractivity contribution in [1.29, 1.82) is 0 Å². The quantitative estimate of drug-likeness (QED) is 0.517. The first-order chi connectivity index (χ1) is 5.70. The third kappa shape index (κ3) is 9.43. The van der Waals surface area contributed by atoms with Crippen LogP contribution in [0.15, 0.2) is 0 Å². The molecule has 1 saturated heterocycles. The zero-order valence-corrected chi connectivity index (χ0v) is 8.22. The number of hydrogen-bond acceptors (Lipinski definition) is 3. The highest BCUT2D eigenvalue weighted by atomic mass is 16.5. The zero-order valence-electron chi connectivity index (χ0n) is 8.22. The molecule has 1 aliphatic heterocycles. The van der Waals surface area contributed by atoms with Crippen molar-refractivity contribution in [2.75, 3.05) is 13.1 Å². The number of hydrogen-bond donors (Lipinski definition) is 1. The molecule has 12 heavy (non-hydrogen) atoms. The van der Waals surface area contributed by atoms with Crippen LogP contribution in [-0.2, 0) is 9.53 Å². The molecule has 3 nitrogen and oxygen atoms in total. The Morgan fingerprint density at radius 1 is 1.50 bits per heavy atom. The second kappa shape index (κ2) is 7.10. The molecule has 1 atom stereocenters. The summed E-state index contributed by atoms with van der Waals surface area (Å²) in [6.45, 7) is 8.19. The van der Waals surface area contributed by atoms with Crippen molar-refractivity contribution < 1.29 is 9.53 Å². The average Bonchev–Trinajstić information content (AvgIpc) is 2.89. The molecule has 0 aliphatic carbocycles. The number of ether oxygens (including phenoxy) is 1. The van der Waals surface area contributed by atoms with Crippen molar-refractivity contribution >= 4 is 5.97 Å². The van der Waals surface area contributed by atoms with Gasteiger partial charge in [-0.15, -0.1) is 0 Å². The third-order valence-electron chi connectivity index (χ3n) is 1.45. The van der Waals surface area contributed by atoms with Crippen molar-refractivity contribution in [2.45, 2.75) is 39.7 Å². The first-order valence-corrected chi connectivity index (χ1v) is 4.60. The number of rotatable bonds is 3. The normalized spacial score (nSPS) is 15.6. The maximum atomic E-state index is 10.6. The fraction of sp³-hybridized carbons (Fsp3) is 0.889. The predicted octanol–water partition coefficient (Wildman–Crippen LogP) is 1.33. The largest absolute Gasteiger partial charge is 0.463 e. The van der Waals surface area contributed by atoms with Gasteiger partial charge in [0.05, 0.1) is 6.10 Å². The Kier molecular flexibility index (Phi) is 6.76. The van der Waals surface area contributed by atoms with Crippen LogP contribution in [0.1, 0.15) is 33.6 Å². The van der Waals surface area contributed by atoms with Crippen molar-refractivity contribution in [3.8, 4) is 0 Å². The lowest BCUT2D eigenvalue weighted by molar-refractivity contribution is -0.147. The van der Waals surface area contributed by atoms with Gasteiger partial charge in [-0.2, -0.15) is 0 Å². The van der Waals surface area contributed by atoms with Crippen LogP contribution in [0.25, 0.3) is 0 Å². The molecule has 1 unspecified atom stereocenters. The van der Waals surface area contributed by atoms with E-state index in [0.29, 0.717) is 6.42 Å². The van der Waals surface area contributed by atoms with Crippen LogP contribution in [0.5, 0.6) is 0 Å². The summed E-state index contributed by atoms with van der Waals surface area (Å²) in [5, 5.41) is 3.00. The molecule has 0 radical (unpaired) electrons. The van der Waals surface area contributed by atoms with Crippen molar-refractivity contribution in [3.63, 3.8) is 0 Å². The molecule has 72 valence electrons. The molecule has 0 amide bonds. The fourth-order valence-electron chi connectivity index (χ4n) is 0.391. The van der Waals surface area contributed by atoms with Crippen molar-refractivity contribution in [3.05, 3.63) is 0 Å². The van der Waals surface area contributed by atoms with Gasteiger partial charge in [0.25, 0.3) is 0 Å². The molecule has 1 rings (SSSR count). The molecular formula is C9H19NO2. The summed E-state index contributed by atoms with van der Waals surface area (Å²) in [4.78, 5) is 10.6. The van der Waals surface area contributed by atoms with E-state index < -0.39 is 0 Å². The van der Waals surface area contributed by atoms with Crippen LogP contribution in [0.2, 0.25) is 0 Å². The van der Waals surface area contributed by atoms with Crippen LogP contribution in [-0.4, -0.2) is 25.2 Å². The summed E-state index contributed by atoms with van der Waals surface area (Å²) in [5.74, 6) is -0.107. The van der Waals surface area contributed by atoms with E-state index >= 15 is 0 Å². The topological polar surface area (TPSA) is 48.2 Å². The average molecular weight is 173 g/mol. The minimum Gasteiger partial charge on any atom is -0.463 e. The second-order valence-corrected chi connectivity index (χ2v) is 2.81. The Labute approximate surface area is 74.5 Å². The predicted molar refractivity (Wildman–Crippen MR) is 49.0 cm³/mol. The zero-order chi connectivity index (χ0) is 9.40. The van der Waals surface area contributed by atoms with Gasteiger partial charge >= 0.3 is 5.97 Å². The summed E-state index contributed by atoms with van der Waals surface area (Å²) >= 11 is 0. The van der Waals surface area contributed by atoms with E-state index in [2.05, 4.69) is 5.32 Å². The maximum absolute atomic E-state index is 10.6. The summed E-state index contributed by atoms with van der Waals surface area (Å²) in [7, 11) is 0. The first-order valence-electron chi connectivity index (χ1n) is 4.60. The molecule has 0 saturated carbocycles. The Morgan fingerprint density at radius 2 is 2.00 bits per heavy atom. The maximum Gasteiger partial charge on any atom is 0.305 e. The molecule has 1 heterocycles. The summed E-state index contributed by atoms with van der Waals surface area (Å²) in [6, 6.07) is 0. The monoisotopic (exact) mass is 173 g/mol. The van der Waals surface area contributed by atoms with E-state index in [1.807, 2.05) is 13.8 Å². The Hall–Kier alpha value is -0.570. The summed E-state index contributed by atoms with van der Waals surface area (Å²) in [6.07, 6.45) is 1.45. The van der Waals surface area contributed by atoms with Gasteiger partial charge in [0.15, 0.2) is 0 Å². The van der Waals surface area contributed by atoms with Crippen LogP contribution >= 0.6 is 0 Å². The smallest absolute Gasteiger partial charge is 0.305 e. The van der Waals surface area contributed by atoms with Gasteiger partial charge in [0.2, 0.25) is 0 Å². The highest BCUT2D eigenvalue weighted by Crippen LogP contribution is 1.97. The van der Waals surface area contributed by atoms with Crippen LogP contribution in [0.3, 0.4) is 0 Å². The van der Waals surface area contributed by atoms with Gasteiger partial charge in [-0.3, -0.25) is 4.79 Å². The second-order valence-electron chi connectivity index (χ2n) is 2.81. The number of esters is 1. The van der Waals surface area contributed by atoms with Crippen LogP contribution < -0.4 is 5.32 Å². The van der Waals surface area contributed by atoms with Gasteiger partial charge in [0.1, 0.15) is 0 Å². The highest BCUT2D eigenvalue weighted by molar-refractivity contribution is 5.69. The van der Waals surface area contributed by atoms with Gasteiger partial charge in [-0.1, -0.05) is 13.8 Å². The molecule has 0 aromatic rings. The SMILES string of the molecule is C1CN1.CCC(=O)OC(C)CC. The minimum absolute atomic E-state index is 0.0810. The molecule has 0 aromatic heterocycles. The summed E-state index contributed by atoms with van der Waals surface area (Å²) in [5.41, 5.74) is 0. The van der Waals surface area contributed by atoms with E-state index in [0.717, 1.165) is 6.42 Å². The van der Waals surface area contributed by atoms with E-state index in [4.69, 9.17) is 4.74 Å². The van der Waals surface area contributed by atoms with Gasteiger partial charge in [-0.25, -0.2) is 0 Å². The lowest BCUT2D eigenvalue weighted by Crippen LogP contribution is -2.12. The fourth-order valence-corrected chi connectivity index (χ4v) is 0.391. The van der Waals surface area contributed by atoms with Crippen molar-refractivity contribution in [1.82, 2.24) is 5.32 Å². The molecule has 0 aromatic carbocycles. The van der Waals surface area contributed by atoms with E-state index in [1.165, 1.54) is 13.1 Å². The molecule has 0 bridgehead atoms. The van der Waals surface area contributed by atoms with E-state index in [-0.39, 0.29) is 12.1 Å². The lowest BCUT2D eigenvalue weighted by atomic mass is 10.3. The number of nitrogens with one attached hydrogen (secondary N) is 1. The van der Waals surface area contributed by atoms with Crippen LogP contribution in [0.4, 0.5) is 0 Å². The molecule has 0 spiro atoms. The number of carbonyl (C=O) groups excluding carboxylic acids is 1. The van der Waals surface area contributed by atoms with E-state index in [9.17, 15) is 4.79 Å².